The molecule has 2 amide bonds. The van der Waals surface area contributed by atoms with Crippen LogP contribution in [0.3, 0.4) is 0 Å². The maximum Gasteiger partial charge on any atom is 0.293 e. The van der Waals surface area contributed by atoms with Crippen molar-refractivity contribution in [3.8, 4) is 17.6 Å². The molecule has 2 aromatic carbocycles. The third kappa shape index (κ3) is 4.06. The predicted molar refractivity (Wildman–Crippen MR) is 110 cm³/mol. The number of ether oxygens (including phenoxy) is 1. The first kappa shape index (κ1) is 20.0. The molecule has 1 fully saturated rings. The van der Waals surface area contributed by atoms with E-state index in [0.29, 0.717) is 27.8 Å². The largest absolute Gasteiger partial charge is 0.503 e. The summed E-state index contributed by atoms with van der Waals surface area (Å²) in [4.78, 5) is 26.5. The predicted octanol–water partition coefficient (Wildman–Crippen LogP) is 4.66. The summed E-state index contributed by atoms with van der Waals surface area (Å²) in [5.41, 5.74) is 1.64. The summed E-state index contributed by atoms with van der Waals surface area (Å²) < 4.78 is 5.81. The van der Waals surface area contributed by atoms with Crippen molar-refractivity contribution in [3.05, 3.63) is 62.5 Å². The topological polar surface area (TPSA) is 90.6 Å². The molecular formula is C20H15BrN2O4S. The number of hydrogen-bond donors (Lipinski definition) is 1. The lowest BCUT2D eigenvalue weighted by Crippen LogP contribution is -2.27. The number of nitriles is 1. The Morgan fingerprint density at radius 2 is 2.07 bits per heavy atom. The summed E-state index contributed by atoms with van der Waals surface area (Å²) in [5.74, 6) is -0.171. The van der Waals surface area contributed by atoms with Crippen LogP contribution < -0.4 is 4.74 Å². The number of amides is 2. The molecule has 0 radical (unpaired) electrons. The molecule has 3 rings (SSSR count). The van der Waals surface area contributed by atoms with Crippen LogP contribution in [0.2, 0.25) is 0 Å². The van der Waals surface area contributed by atoms with Crippen LogP contribution in [0.15, 0.2) is 45.8 Å². The second-order valence-corrected chi connectivity index (χ2v) is 7.67. The van der Waals surface area contributed by atoms with Crippen LogP contribution in [-0.4, -0.2) is 27.8 Å². The van der Waals surface area contributed by atoms with Crippen molar-refractivity contribution in [2.45, 2.75) is 13.5 Å². The second kappa shape index (κ2) is 8.50. The number of imide groups is 1. The van der Waals surface area contributed by atoms with E-state index in [-0.39, 0.29) is 22.9 Å². The summed E-state index contributed by atoms with van der Waals surface area (Å²) in [7, 11) is 0. The zero-order chi connectivity index (χ0) is 20.3. The van der Waals surface area contributed by atoms with Gasteiger partial charge >= 0.3 is 0 Å². The fraction of sp³-hybridized carbons (Fsp3) is 0.150. The Bertz CT molecular complexity index is 1030. The van der Waals surface area contributed by atoms with Crippen LogP contribution in [0, 0.1) is 11.3 Å². The van der Waals surface area contributed by atoms with Crippen LogP contribution in [0.5, 0.6) is 11.5 Å². The van der Waals surface area contributed by atoms with E-state index in [4.69, 9.17) is 4.74 Å². The van der Waals surface area contributed by atoms with Crippen molar-refractivity contribution in [1.29, 1.82) is 5.26 Å². The molecule has 1 aliphatic rings. The van der Waals surface area contributed by atoms with E-state index < -0.39 is 11.1 Å². The molecule has 0 atom stereocenters. The Labute approximate surface area is 174 Å². The number of aromatic hydroxyl groups is 1. The molecule has 142 valence electrons. The minimum atomic E-state index is -0.426. The minimum absolute atomic E-state index is 0.0276. The van der Waals surface area contributed by atoms with Crippen LogP contribution in [-0.2, 0) is 11.3 Å². The van der Waals surface area contributed by atoms with Crippen LogP contribution in [0.1, 0.15) is 23.6 Å². The van der Waals surface area contributed by atoms with Gasteiger partial charge in [-0.2, -0.15) is 5.26 Å². The first-order valence-corrected chi connectivity index (χ1v) is 9.94. The number of halogens is 1. The first-order valence-electron chi connectivity index (χ1n) is 8.33. The van der Waals surface area contributed by atoms with E-state index in [0.717, 1.165) is 16.7 Å². The smallest absolute Gasteiger partial charge is 0.293 e. The second-order valence-electron chi connectivity index (χ2n) is 5.82. The van der Waals surface area contributed by atoms with Gasteiger partial charge < -0.3 is 9.84 Å². The van der Waals surface area contributed by atoms with Gasteiger partial charge in [-0.3, -0.25) is 14.5 Å². The van der Waals surface area contributed by atoms with Gasteiger partial charge in [0, 0.05) is 0 Å². The fourth-order valence-corrected chi connectivity index (χ4v) is 3.97. The molecule has 28 heavy (non-hydrogen) atoms. The van der Waals surface area contributed by atoms with E-state index in [1.165, 1.54) is 0 Å². The summed E-state index contributed by atoms with van der Waals surface area (Å²) in [6.45, 7) is 2.21. The van der Waals surface area contributed by atoms with E-state index in [2.05, 4.69) is 22.0 Å². The number of thioether (sulfide) groups is 1. The highest BCUT2D eigenvalue weighted by Crippen LogP contribution is 2.38. The zero-order valence-corrected chi connectivity index (χ0v) is 17.2. The normalized spacial score (nSPS) is 15.2. The van der Waals surface area contributed by atoms with Gasteiger partial charge in [-0.1, -0.05) is 18.2 Å². The maximum absolute atomic E-state index is 12.7. The monoisotopic (exact) mass is 458 g/mol. The van der Waals surface area contributed by atoms with Crippen molar-refractivity contribution in [1.82, 2.24) is 4.90 Å². The number of carbonyl (C=O) groups is 2. The van der Waals surface area contributed by atoms with Gasteiger partial charge in [0.15, 0.2) is 11.5 Å². The third-order valence-electron chi connectivity index (χ3n) is 3.99. The fourth-order valence-electron chi connectivity index (χ4n) is 2.67. The van der Waals surface area contributed by atoms with Crippen molar-refractivity contribution < 1.29 is 19.4 Å². The molecule has 1 N–H and O–H groups in total. The van der Waals surface area contributed by atoms with E-state index in [1.807, 2.05) is 0 Å². The summed E-state index contributed by atoms with van der Waals surface area (Å²) >= 11 is 4.09. The molecule has 8 heteroatoms. The van der Waals surface area contributed by atoms with E-state index >= 15 is 0 Å². The highest BCUT2D eigenvalue weighted by Gasteiger charge is 2.35. The number of hydrogen-bond acceptors (Lipinski definition) is 6. The maximum atomic E-state index is 12.7. The summed E-state index contributed by atoms with van der Waals surface area (Å²) in [6.07, 6.45) is 1.58. The lowest BCUT2D eigenvalue weighted by molar-refractivity contribution is -0.123. The average Bonchev–Trinajstić information content (AvgIpc) is 2.93. The van der Waals surface area contributed by atoms with Crippen molar-refractivity contribution >= 4 is 44.9 Å². The Morgan fingerprint density at radius 3 is 2.79 bits per heavy atom. The lowest BCUT2D eigenvalue weighted by atomic mass is 10.1. The van der Waals surface area contributed by atoms with Gasteiger partial charge in [0.25, 0.3) is 11.1 Å². The molecule has 2 aromatic rings. The molecule has 6 nitrogen and oxygen atoms in total. The van der Waals surface area contributed by atoms with Crippen molar-refractivity contribution in [2.24, 2.45) is 0 Å². The molecular weight excluding hydrogens is 444 g/mol. The Morgan fingerprint density at radius 1 is 1.32 bits per heavy atom. The summed E-state index contributed by atoms with van der Waals surface area (Å²) in [6, 6.07) is 12.2. The Hall–Kier alpha value is -2.76. The van der Waals surface area contributed by atoms with Crippen molar-refractivity contribution in [2.75, 3.05) is 6.61 Å². The first-order chi connectivity index (χ1) is 13.4. The molecule has 1 aliphatic heterocycles. The number of benzene rings is 2. The van der Waals surface area contributed by atoms with Gasteiger partial charge in [0.1, 0.15) is 0 Å². The van der Waals surface area contributed by atoms with E-state index in [9.17, 15) is 20.0 Å². The standard InChI is InChI=1S/C20H15BrN2O4S/c1-2-27-16-8-12(7-15(21)18(16)24)9-17-19(25)23(20(26)28-17)11-14-6-4-3-5-13(14)10-22/h3-9,24H,2,11H2,1H3/b17-9+. The Kier molecular flexibility index (Phi) is 6.07. The van der Waals surface area contributed by atoms with Crippen LogP contribution in [0.25, 0.3) is 6.08 Å². The molecule has 0 aromatic heterocycles. The Balaban J connectivity index is 1.88. The number of nitrogens with zero attached hydrogens (tertiary/aromatic N) is 2. The van der Waals surface area contributed by atoms with Crippen molar-refractivity contribution in [3.63, 3.8) is 0 Å². The highest BCUT2D eigenvalue weighted by molar-refractivity contribution is 9.10. The number of phenolic OH excluding ortho intramolecular Hbond substituents is 1. The average molecular weight is 459 g/mol. The molecule has 0 unspecified atom stereocenters. The molecule has 1 heterocycles. The molecule has 1 saturated heterocycles. The molecule has 0 bridgehead atoms. The van der Waals surface area contributed by atoms with Gasteiger partial charge in [-0.25, -0.2) is 0 Å². The van der Waals surface area contributed by atoms with Crippen LogP contribution in [0.4, 0.5) is 4.79 Å². The highest BCUT2D eigenvalue weighted by atomic mass is 79.9. The van der Waals surface area contributed by atoms with Gasteiger partial charge in [-0.05, 0) is 70.0 Å². The van der Waals surface area contributed by atoms with E-state index in [1.54, 1.807) is 49.4 Å². The number of rotatable bonds is 5. The zero-order valence-electron chi connectivity index (χ0n) is 14.8. The third-order valence-corrected chi connectivity index (χ3v) is 5.50. The number of carbonyl (C=O) groups excluding carboxylic acids is 2. The minimum Gasteiger partial charge on any atom is -0.503 e. The molecule has 0 aliphatic carbocycles. The SMILES string of the molecule is CCOc1cc(/C=C2/SC(=O)N(Cc3ccccc3C#N)C2=O)cc(Br)c1O. The molecule has 0 saturated carbocycles. The summed E-state index contributed by atoms with van der Waals surface area (Å²) in [5, 5.41) is 18.8. The van der Waals surface area contributed by atoms with Gasteiger partial charge in [-0.15, -0.1) is 0 Å². The van der Waals surface area contributed by atoms with Gasteiger partial charge in [0.05, 0.1) is 34.2 Å². The lowest BCUT2D eigenvalue weighted by Gasteiger charge is -2.13. The number of phenols is 1. The quantitative estimate of drug-likeness (QED) is 0.654. The van der Waals surface area contributed by atoms with Crippen LogP contribution >= 0.6 is 27.7 Å². The van der Waals surface area contributed by atoms with Gasteiger partial charge in [0.2, 0.25) is 0 Å². The molecule has 0 spiro atoms.